The summed E-state index contributed by atoms with van der Waals surface area (Å²) in [6.45, 7) is 7.55. The molecule has 58 valence electrons. The molecule has 0 aromatic carbocycles. The highest BCUT2D eigenvalue weighted by atomic mass is 16.1. The molecule has 0 aliphatic rings. The van der Waals surface area contributed by atoms with Gasteiger partial charge >= 0.3 is 0 Å². The van der Waals surface area contributed by atoms with Crippen LogP contribution in [0.25, 0.3) is 0 Å². The van der Waals surface area contributed by atoms with E-state index in [0.717, 1.165) is 5.70 Å². The predicted octanol–water partition coefficient (Wildman–Crippen LogP) is 1.68. The van der Waals surface area contributed by atoms with Crippen molar-refractivity contribution in [2.24, 2.45) is 5.92 Å². The minimum absolute atomic E-state index is 0.00519. The Labute approximate surface area is 62.3 Å². The van der Waals surface area contributed by atoms with Gasteiger partial charge in [-0.3, -0.25) is 4.79 Å². The van der Waals surface area contributed by atoms with Crippen molar-refractivity contribution in [3.8, 4) is 0 Å². The summed E-state index contributed by atoms with van der Waals surface area (Å²) >= 11 is 0. The van der Waals surface area contributed by atoms with Gasteiger partial charge < -0.3 is 5.32 Å². The van der Waals surface area contributed by atoms with Gasteiger partial charge in [0, 0.05) is 12.6 Å². The number of allylic oxidation sites excluding steroid dienone is 2. The molecule has 2 heteroatoms. The first-order valence-corrected chi connectivity index (χ1v) is 3.48. The summed E-state index contributed by atoms with van der Waals surface area (Å²) in [6.07, 6.45) is 2.02. The van der Waals surface area contributed by atoms with E-state index in [1.807, 2.05) is 13.0 Å². The molecule has 0 aliphatic heterocycles. The van der Waals surface area contributed by atoms with Gasteiger partial charge in [-0.05, 0) is 12.8 Å². The topological polar surface area (TPSA) is 29.1 Å². The first kappa shape index (κ1) is 9.21. The highest BCUT2D eigenvalue weighted by Crippen LogP contribution is 1.97. The molecule has 1 amide bonds. The van der Waals surface area contributed by atoms with Crippen LogP contribution in [0.15, 0.2) is 11.8 Å². The Morgan fingerprint density at radius 3 is 2.20 bits per heavy atom. The van der Waals surface area contributed by atoms with Crippen LogP contribution >= 0.6 is 0 Å². The van der Waals surface area contributed by atoms with Gasteiger partial charge in [0.2, 0.25) is 5.91 Å². The van der Waals surface area contributed by atoms with Gasteiger partial charge in [-0.25, -0.2) is 0 Å². The zero-order valence-electron chi connectivity index (χ0n) is 7.06. The van der Waals surface area contributed by atoms with Crippen LogP contribution in [0, 0.1) is 5.92 Å². The summed E-state index contributed by atoms with van der Waals surface area (Å²) < 4.78 is 0. The normalized spacial score (nSPS) is 11.9. The smallest absolute Gasteiger partial charge is 0.220 e. The second-order valence-electron chi connectivity index (χ2n) is 2.77. The molecule has 0 spiro atoms. The molecule has 0 aromatic heterocycles. The molecule has 0 fully saturated rings. The van der Waals surface area contributed by atoms with Gasteiger partial charge in [0.1, 0.15) is 0 Å². The number of hydrogen-bond acceptors (Lipinski definition) is 1. The lowest BCUT2D eigenvalue weighted by Crippen LogP contribution is -2.17. The zero-order valence-corrected chi connectivity index (χ0v) is 7.06. The van der Waals surface area contributed by atoms with Gasteiger partial charge in [-0.2, -0.15) is 0 Å². The molecule has 0 bridgehead atoms. The van der Waals surface area contributed by atoms with Crippen molar-refractivity contribution < 1.29 is 4.79 Å². The highest BCUT2D eigenvalue weighted by Gasteiger charge is 1.92. The lowest BCUT2D eigenvalue weighted by Gasteiger charge is -2.02. The van der Waals surface area contributed by atoms with Crippen molar-refractivity contribution in [3.05, 3.63) is 11.8 Å². The number of rotatable bonds is 2. The highest BCUT2D eigenvalue weighted by molar-refractivity contribution is 5.74. The van der Waals surface area contributed by atoms with E-state index in [0.29, 0.717) is 5.92 Å². The van der Waals surface area contributed by atoms with Crippen molar-refractivity contribution >= 4 is 5.91 Å². The summed E-state index contributed by atoms with van der Waals surface area (Å²) in [7, 11) is 0. The molecule has 0 unspecified atom stereocenters. The molecule has 0 saturated heterocycles. The number of nitrogens with one attached hydrogen (secondary N) is 1. The molecular weight excluding hydrogens is 126 g/mol. The Kier molecular flexibility index (Phi) is 3.77. The second-order valence-corrected chi connectivity index (χ2v) is 2.77. The fraction of sp³-hybridized carbons (Fsp3) is 0.625. The molecule has 0 saturated carbocycles. The van der Waals surface area contributed by atoms with Gasteiger partial charge in [-0.1, -0.05) is 19.9 Å². The van der Waals surface area contributed by atoms with E-state index in [1.54, 1.807) is 0 Å². The number of amides is 1. The Bertz CT molecular complexity index is 147. The fourth-order valence-electron chi connectivity index (χ4n) is 0.819. The summed E-state index contributed by atoms with van der Waals surface area (Å²) in [6, 6.07) is 0. The minimum Gasteiger partial charge on any atom is -0.331 e. The molecule has 0 aliphatic carbocycles. The molecule has 2 nitrogen and oxygen atoms in total. The predicted molar refractivity (Wildman–Crippen MR) is 42.4 cm³/mol. The van der Waals surface area contributed by atoms with Crippen LogP contribution in [0.4, 0.5) is 0 Å². The monoisotopic (exact) mass is 141 g/mol. The van der Waals surface area contributed by atoms with Gasteiger partial charge in [0.15, 0.2) is 0 Å². The first-order chi connectivity index (χ1) is 4.52. The molecule has 0 atom stereocenters. The third kappa shape index (κ3) is 5.35. The Hall–Kier alpha value is -0.790. The molecule has 1 N–H and O–H groups in total. The van der Waals surface area contributed by atoms with Crippen molar-refractivity contribution in [2.45, 2.75) is 27.7 Å². The molecule has 0 radical (unpaired) electrons. The van der Waals surface area contributed by atoms with Crippen molar-refractivity contribution in [1.82, 2.24) is 5.32 Å². The fourth-order valence-corrected chi connectivity index (χ4v) is 0.819. The third-order valence-corrected chi connectivity index (χ3v) is 0.957. The number of carbonyl (C=O) groups excluding carboxylic acids is 1. The Morgan fingerprint density at radius 1 is 1.40 bits per heavy atom. The quantitative estimate of drug-likeness (QED) is 0.623. The maximum absolute atomic E-state index is 10.5. The second kappa shape index (κ2) is 4.09. The van der Waals surface area contributed by atoms with Gasteiger partial charge in [-0.15, -0.1) is 0 Å². The first-order valence-electron chi connectivity index (χ1n) is 3.48. The van der Waals surface area contributed by atoms with E-state index in [-0.39, 0.29) is 5.91 Å². The van der Waals surface area contributed by atoms with E-state index in [9.17, 15) is 4.79 Å². The summed E-state index contributed by atoms with van der Waals surface area (Å²) in [5.74, 6) is 0.487. The summed E-state index contributed by atoms with van der Waals surface area (Å²) in [5.41, 5.74) is 0.933. The maximum Gasteiger partial charge on any atom is 0.220 e. The van der Waals surface area contributed by atoms with Crippen LogP contribution < -0.4 is 5.32 Å². The van der Waals surface area contributed by atoms with Crippen LogP contribution in [-0.2, 0) is 4.79 Å². The molecule has 10 heavy (non-hydrogen) atoms. The summed E-state index contributed by atoms with van der Waals surface area (Å²) in [5, 5.41) is 2.70. The van der Waals surface area contributed by atoms with E-state index >= 15 is 0 Å². The minimum atomic E-state index is -0.00519. The number of carbonyl (C=O) groups is 1. The molecule has 0 heterocycles. The van der Waals surface area contributed by atoms with Crippen LogP contribution in [0.1, 0.15) is 27.7 Å². The largest absolute Gasteiger partial charge is 0.331 e. The standard InChI is InChI=1S/C8H15NO/c1-6(2)5-7(3)9-8(4)10/h5-6H,1-4H3,(H,9,10)/b7-5+. The molecule has 0 aromatic rings. The van der Waals surface area contributed by atoms with Gasteiger partial charge in [0.05, 0.1) is 0 Å². The average molecular weight is 141 g/mol. The van der Waals surface area contributed by atoms with Crippen molar-refractivity contribution in [1.29, 1.82) is 0 Å². The van der Waals surface area contributed by atoms with Crippen LogP contribution in [-0.4, -0.2) is 5.91 Å². The Balaban J connectivity index is 3.82. The lowest BCUT2D eigenvalue weighted by atomic mass is 10.2. The van der Waals surface area contributed by atoms with E-state index < -0.39 is 0 Å². The van der Waals surface area contributed by atoms with Crippen molar-refractivity contribution in [2.75, 3.05) is 0 Å². The van der Waals surface area contributed by atoms with E-state index in [2.05, 4.69) is 19.2 Å². The number of hydrogen-bond donors (Lipinski definition) is 1. The zero-order chi connectivity index (χ0) is 8.15. The van der Waals surface area contributed by atoms with Gasteiger partial charge in [0.25, 0.3) is 0 Å². The Morgan fingerprint density at radius 2 is 1.90 bits per heavy atom. The van der Waals surface area contributed by atoms with Crippen LogP contribution in [0.3, 0.4) is 0 Å². The van der Waals surface area contributed by atoms with Crippen LogP contribution in [0.2, 0.25) is 0 Å². The molecular formula is C8H15NO. The maximum atomic E-state index is 10.5. The van der Waals surface area contributed by atoms with Crippen molar-refractivity contribution in [3.63, 3.8) is 0 Å². The molecule has 0 rings (SSSR count). The lowest BCUT2D eigenvalue weighted by molar-refractivity contribution is -0.118. The van der Waals surface area contributed by atoms with E-state index in [1.165, 1.54) is 6.92 Å². The summed E-state index contributed by atoms with van der Waals surface area (Å²) in [4.78, 5) is 10.5. The van der Waals surface area contributed by atoms with Crippen LogP contribution in [0.5, 0.6) is 0 Å². The van der Waals surface area contributed by atoms with E-state index in [4.69, 9.17) is 0 Å². The third-order valence-electron chi connectivity index (χ3n) is 0.957. The SMILES string of the molecule is CC(=O)N/C(C)=C/C(C)C. The average Bonchev–Trinajstić information content (AvgIpc) is 1.58.